The number of fused-ring (bicyclic) bond motifs is 2. The Hall–Kier alpha value is -0.770. The minimum atomic E-state index is -0.297. The van der Waals surface area contributed by atoms with Crippen molar-refractivity contribution in [2.24, 2.45) is 5.92 Å². The Bertz CT molecular complexity index is 195. The van der Waals surface area contributed by atoms with Crippen LogP contribution in [0.3, 0.4) is 0 Å². The summed E-state index contributed by atoms with van der Waals surface area (Å²) in [5.74, 6) is 0.657. The van der Waals surface area contributed by atoms with Crippen molar-refractivity contribution < 1.29 is 9.53 Å². The monoisotopic (exact) mass is 170 g/mol. The Morgan fingerprint density at radius 2 is 2.42 bits per heavy atom. The standard InChI is InChI=1S/C8H14N2O2/c1-12-8(11)9-7-5-10-3-2-6(7)4-10/h6-7H,2-5H2,1H3,(H,9,11). The highest BCUT2D eigenvalue weighted by Gasteiger charge is 2.38. The van der Waals surface area contributed by atoms with Crippen LogP contribution in [0.1, 0.15) is 6.42 Å². The predicted octanol–water partition coefficient (Wildman–Crippen LogP) is 0.0465. The summed E-state index contributed by atoms with van der Waals surface area (Å²) < 4.78 is 4.55. The van der Waals surface area contributed by atoms with Crippen molar-refractivity contribution in [1.82, 2.24) is 10.2 Å². The number of carbonyl (C=O) groups excluding carboxylic acids is 1. The molecular weight excluding hydrogens is 156 g/mol. The molecule has 0 aromatic heterocycles. The highest BCUT2D eigenvalue weighted by atomic mass is 16.5. The van der Waals surface area contributed by atoms with Crippen molar-refractivity contribution in [3.05, 3.63) is 0 Å². The Morgan fingerprint density at radius 1 is 1.58 bits per heavy atom. The molecule has 12 heavy (non-hydrogen) atoms. The zero-order chi connectivity index (χ0) is 8.55. The molecule has 2 saturated heterocycles. The maximum Gasteiger partial charge on any atom is 0.407 e. The van der Waals surface area contributed by atoms with Gasteiger partial charge in [0.1, 0.15) is 0 Å². The largest absolute Gasteiger partial charge is 0.453 e. The number of ether oxygens (including phenoxy) is 1. The second kappa shape index (κ2) is 2.94. The van der Waals surface area contributed by atoms with E-state index in [1.807, 2.05) is 0 Å². The second-order valence-electron chi connectivity index (χ2n) is 3.55. The molecule has 1 amide bonds. The summed E-state index contributed by atoms with van der Waals surface area (Å²) in [6.07, 6.45) is 0.919. The van der Waals surface area contributed by atoms with Gasteiger partial charge >= 0.3 is 6.09 Å². The van der Waals surface area contributed by atoms with E-state index in [-0.39, 0.29) is 6.09 Å². The highest BCUT2D eigenvalue weighted by Crippen LogP contribution is 2.27. The Balaban J connectivity index is 1.86. The normalized spacial score (nSPS) is 38.2. The fourth-order valence-corrected chi connectivity index (χ4v) is 2.16. The Labute approximate surface area is 71.9 Å². The van der Waals surface area contributed by atoms with Gasteiger partial charge in [-0.15, -0.1) is 0 Å². The molecule has 0 aliphatic carbocycles. The van der Waals surface area contributed by atoms with Crippen molar-refractivity contribution in [3.8, 4) is 0 Å². The van der Waals surface area contributed by atoms with Gasteiger partial charge in [-0.25, -0.2) is 4.79 Å². The highest BCUT2D eigenvalue weighted by molar-refractivity contribution is 5.67. The number of nitrogens with zero attached hydrogens (tertiary/aromatic N) is 1. The molecule has 0 aromatic carbocycles. The summed E-state index contributed by atoms with van der Waals surface area (Å²) in [7, 11) is 1.41. The minimum absolute atomic E-state index is 0.297. The van der Waals surface area contributed by atoms with Crippen LogP contribution in [0.2, 0.25) is 0 Å². The topological polar surface area (TPSA) is 41.6 Å². The summed E-state index contributed by atoms with van der Waals surface area (Å²) in [5.41, 5.74) is 0. The molecule has 0 saturated carbocycles. The van der Waals surface area contributed by atoms with Crippen LogP contribution in [0.4, 0.5) is 4.79 Å². The number of hydrogen-bond acceptors (Lipinski definition) is 3. The number of piperidine rings is 1. The van der Waals surface area contributed by atoms with E-state index in [0.29, 0.717) is 12.0 Å². The maximum absolute atomic E-state index is 10.9. The van der Waals surface area contributed by atoms with Gasteiger partial charge < -0.3 is 15.0 Å². The van der Waals surface area contributed by atoms with Crippen molar-refractivity contribution in [2.75, 3.05) is 26.7 Å². The van der Waals surface area contributed by atoms with Gasteiger partial charge in [0, 0.05) is 19.1 Å². The first-order chi connectivity index (χ1) is 5.79. The Morgan fingerprint density at radius 3 is 2.92 bits per heavy atom. The number of amides is 1. The van der Waals surface area contributed by atoms with Gasteiger partial charge in [-0.1, -0.05) is 0 Å². The van der Waals surface area contributed by atoms with Crippen molar-refractivity contribution in [3.63, 3.8) is 0 Å². The zero-order valence-corrected chi connectivity index (χ0v) is 7.25. The summed E-state index contributed by atoms with van der Waals surface area (Å²) in [6.45, 7) is 3.35. The van der Waals surface area contributed by atoms with Crippen LogP contribution in [-0.4, -0.2) is 43.8 Å². The number of methoxy groups -OCH3 is 1. The first kappa shape index (κ1) is 7.86. The molecule has 2 bridgehead atoms. The predicted molar refractivity (Wildman–Crippen MR) is 43.9 cm³/mol. The first-order valence-corrected chi connectivity index (χ1v) is 4.36. The lowest BCUT2D eigenvalue weighted by atomic mass is 10.0. The SMILES string of the molecule is COC(=O)NC1CN2CCC1C2. The van der Waals surface area contributed by atoms with Crippen molar-refractivity contribution >= 4 is 6.09 Å². The van der Waals surface area contributed by atoms with Crippen LogP contribution in [0, 0.1) is 5.92 Å². The molecule has 3 unspecified atom stereocenters. The van der Waals surface area contributed by atoms with Gasteiger partial charge in [0.2, 0.25) is 0 Å². The molecule has 0 aromatic rings. The molecule has 4 nitrogen and oxygen atoms in total. The molecule has 68 valence electrons. The molecule has 0 spiro atoms. The first-order valence-electron chi connectivity index (χ1n) is 4.36. The van der Waals surface area contributed by atoms with Gasteiger partial charge in [-0.2, -0.15) is 0 Å². The zero-order valence-electron chi connectivity index (χ0n) is 7.25. The van der Waals surface area contributed by atoms with E-state index in [1.165, 1.54) is 20.1 Å². The van der Waals surface area contributed by atoms with Crippen molar-refractivity contribution in [1.29, 1.82) is 0 Å². The van der Waals surface area contributed by atoms with Crippen molar-refractivity contribution in [2.45, 2.75) is 12.5 Å². The van der Waals surface area contributed by atoms with Crippen LogP contribution in [0.15, 0.2) is 0 Å². The van der Waals surface area contributed by atoms with E-state index in [2.05, 4.69) is 15.0 Å². The molecular formula is C8H14N2O2. The molecule has 3 atom stereocenters. The van der Waals surface area contributed by atoms with Gasteiger partial charge in [0.25, 0.3) is 0 Å². The summed E-state index contributed by atoms with van der Waals surface area (Å²) >= 11 is 0. The van der Waals surface area contributed by atoms with E-state index in [0.717, 1.165) is 13.1 Å². The van der Waals surface area contributed by atoms with Gasteiger partial charge in [-0.3, -0.25) is 0 Å². The number of nitrogens with one attached hydrogen (secondary N) is 1. The molecule has 2 rings (SSSR count). The summed E-state index contributed by atoms with van der Waals surface area (Å²) in [4.78, 5) is 13.3. The third kappa shape index (κ3) is 1.27. The lowest BCUT2D eigenvalue weighted by molar-refractivity contribution is 0.162. The molecule has 2 heterocycles. The van der Waals surface area contributed by atoms with Crippen LogP contribution in [0.25, 0.3) is 0 Å². The van der Waals surface area contributed by atoms with E-state index < -0.39 is 0 Å². The van der Waals surface area contributed by atoms with Gasteiger partial charge in [0.15, 0.2) is 0 Å². The molecule has 4 heteroatoms. The number of hydrogen-bond donors (Lipinski definition) is 1. The number of rotatable bonds is 1. The lowest BCUT2D eigenvalue weighted by Crippen LogP contribution is -2.43. The fourth-order valence-electron chi connectivity index (χ4n) is 2.16. The molecule has 1 N–H and O–H groups in total. The average Bonchev–Trinajstić information content (AvgIpc) is 2.64. The minimum Gasteiger partial charge on any atom is -0.453 e. The fraction of sp³-hybridized carbons (Fsp3) is 0.875. The summed E-state index contributed by atoms with van der Waals surface area (Å²) in [6, 6.07) is 0.325. The molecule has 0 radical (unpaired) electrons. The van der Waals surface area contributed by atoms with Gasteiger partial charge in [-0.05, 0) is 18.9 Å². The van der Waals surface area contributed by atoms with E-state index in [9.17, 15) is 4.79 Å². The third-order valence-corrected chi connectivity index (χ3v) is 2.82. The quantitative estimate of drug-likeness (QED) is 0.604. The molecule has 2 aliphatic heterocycles. The average molecular weight is 170 g/mol. The maximum atomic E-state index is 10.9. The third-order valence-electron chi connectivity index (χ3n) is 2.82. The van der Waals surface area contributed by atoms with E-state index >= 15 is 0 Å². The van der Waals surface area contributed by atoms with E-state index in [4.69, 9.17) is 0 Å². The summed E-state index contributed by atoms with van der Waals surface area (Å²) in [5, 5.41) is 2.86. The van der Waals surface area contributed by atoms with Gasteiger partial charge in [0.05, 0.1) is 7.11 Å². The van der Waals surface area contributed by atoms with Crippen LogP contribution in [-0.2, 0) is 4.74 Å². The number of carbonyl (C=O) groups is 1. The van der Waals surface area contributed by atoms with E-state index in [1.54, 1.807) is 0 Å². The van der Waals surface area contributed by atoms with Crippen LogP contribution < -0.4 is 5.32 Å². The Kier molecular flexibility index (Phi) is 1.92. The van der Waals surface area contributed by atoms with Crippen LogP contribution >= 0.6 is 0 Å². The molecule has 2 fully saturated rings. The van der Waals surface area contributed by atoms with Crippen LogP contribution in [0.5, 0.6) is 0 Å². The second-order valence-corrected chi connectivity index (χ2v) is 3.55. The number of alkyl carbamates (subject to hydrolysis) is 1. The smallest absolute Gasteiger partial charge is 0.407 e. The molecule has 2 aliphatic rings. The lowest BCUT2D eigenvalue weighted by Gasteiger charge is -2.22.